The lowest BCUT2D eigenvalue weighted by Gasteiger charge is -2.12. The van der Waals surface area contributed by atoms with E-state index in [-0.39, 0.29) is 0 Å². The van der Waals surface area contributed by atoms with Crippen molar-refractivity contribution in [3.05, 3.63) is 146 Å². The first-order chi connectivity index (χ1) is 24.1. The molecule has 0 radical (unpaired) electrons. The van der Waals surface area contributed by atoms with Crippen molar-refractivity contribution in [1.82, 2.24) is 14.5 Å². The predicted octanol–water partition coefficient (Wildman–Crippen LogP) is 10.9. The van der Waals surface area contributed by atoms with Crippen molar-refractivity contribution < 1.29 is 8.63 Å². The molecule has 1 atom stereocenters. The number of aromatic nitrogens is 3. The second kappa shape index (κ2) is 10.7. The van der Waals surface area contributed by atoms with Crippen LogP contribution in [0.15, 0.2) is 155 Å². The average Bonchev–Trinajstić information content (AvgIpc) is 3.70. The Balaban J connectivity index is 1.39. The molecule has 0 saturated carbocycles. The lowest BCUT2D eigenvalue weighted by atomic mass is 9.97. The van der Waals surface area contributed by atoms with Gasteiger partial charge in [0.25, 0.3) is 0 Å². The van der Waals surface area contributed by atoms with Crippen LogP contribution in [0, 0.1) is 0 Å². The zero-order valence-corrected chi connectivity index (χ0v) is 27.2. The Morgan fingerprint density at radius 1 is 0.571 bits per heavy atom. The normalized spacial score (nSPS) is 12.6. The molecule has 7 aromatic carbocycles. The van der Waals surface area contributed by atoms with Gasteiger partial charge in [-0.25, -0.2) is 9.97 Å². The zero-order chi connectivity index (χ0) is 32.6. The van der Waals surface area contributed by atoms with Gasteiger partial charge in [0, 0.05) is 49.0 Å². The fourth-order valence-corrected chi connectivity index (χ4v) is 8.23. The molecule has 3 heterocycles. The molecule has 0 bridgehead atoms. The molecule has 0 aliphatic heterocycles. The van der Waals surface area contributed by atoms with Crippen LogP contribution in [0.5, 0.6) is 0 Å². The number of hydrogen-bond acceptors (Lipinski definition) is 4. The molecule has 232 valence electrons. The predicted molar refractivity (Wildman–Crippen MR) is 202 cm³/mol. The molecule has 10 aromatic rings. The van der Waals surface area contributed by atoms with Crippen LogP contribution < -0.4 is 0 Å². The van der Waals surface area contributed by atoms with Crippen molar-refractivity contribution in [3.63, 3.8) is 0 Å². The fourth-order valence-electron chi connectivity index (χ4n) is 7.46. The highest BCUT2D eigenvalue weighted by Crippen LogP contribution is 2.44. The van der Waals surface area contributed by atoms with Gasteiger partial charge in [0.05, 0.1) is 33.0 Å². The molecular formula is C43H27N3O2S. The van der Waals surface area contributed by atoms with E-state index in [9.17, 15) is 4.21 Å². The van der Waals surface area contributed by atoms with Crippen molar-refractivity contribution in [2.75, 3.05) is 6.26 Å². The zero-order valence-electron chi connectivity index (χ0n) is 26.4. The van der Waals surface area contributed by atoms with E-state index in [0.717, 1.165) is 92.7 Å². The lowest BCUT2D eigenvalue weighted by Crippen LogP contribution is -2.03. The molecule has 0 spiro atoms. The number of benzene rings is 7. The van der Waals surface area contributed by atoms with Crippen LogP contribution in [0.1, 0.15) is 0 Å². The largest absolute Gasteiger partial charge is 0.456 e. The molecule has 49 heavy (non-hydrogen) atoms. The van der Waals surface area contributed by atoms with Crippen LogP contribution >= 0.6 is 0 Å². The minimum absolute atomic E-state index is 0.601. The Labute approximate surface area is 283 Å². The van der Waals surface area contributed by atoms with E-state index in [2.05, 4.69) is 89.5 Å². The maximum Gasteiger partial charge on any atom is 0.235 e. The first-order valence-corrected chi connectivity index (χ1v) is 17.8. The van der Waals surface area contributed by atoms with E-state index in [1.165, 1.54) is 0 Å². The van der Waals surface area contributed by atoms with E-state index in [1.807, 2.05) is 60.7 Å². The molecule has 0 N–H and O–H groups in total. The number of hydrogen-bond donors (Lipinski definition) is 0. The standard InChI is InChI=1S/C43H27N3O2S/c1-49(47)38-18-10-7-13-29(38)28-20-22-34-32(25-28)40-35(23-19-26-21-24-37-41(39(26)40)31-15-6-9-17-36(31)48-37)46(34)43-44-33-16-8-5-14-30(33)42(45-43)27-11-3-2-4-12-27/h2-25H,1H3. The minimum atomic E-state index is -1.15. The molecule has 0 saturated heterocycles. The maximum absolute atomic E-state index is 12.9. The maximum atomic E-state index is 12.9. The van der Waals surface area contributed by atoms with E-state index < -0.39 is 10.8 Å². The van der Waals surface area contributed by atoms with Gasteiger partial charge in [-0.1, -0.05) is 103 Å². The second-order valence-corrected chi connectivity index (χ2v) is 13.7. The van der Waals surface area contributed by atoms with E-state index in [0.29, 0.717) is 5.95 Å². The molecule has 1 unspecified atom stereocenters. The Morgan fingerprint density at radius 2 is 1.31 bits per heavy atom. The summed E-state index contributed by atoms with van der Waals surface area (Å²) >= 11 is 0. The average molecular weight is 650 g/mol. The molecule has 0 fully saturated rings. The summed E-state index contributed by atoms with van der Waals surface area (Å²) < 4.78 is 21.4. The fraction of sp³-hybridized carbons (Fsp3) is 0.0233. The Morgan fingerprint density at radius 3 is 2.18 bits per heavy atom. The summed E-state index contributed by atoms with van der Waals surface area (Å²) in [5.74, 6) is 0.601. The molecule has 5 nitrogen and oxygen atoms in total. The van der Waals surface area contributed by atoms with Gasteiger partial charge in [0.2, 0.25) is 5.95 Å². The third kappa shape index (κ3) is 4.21. The van der Waals surface area contributed by atoms with Gasteiger partial charge < -0.3 is 4.42 Å². The highest BCUT2D eigenvalue weighted by molar-refractivity contribution is 7.84. The molecule has 0 aliphatic rings. The van der Waals surface area contributed by atoms with E-state index >= 15 is 0 Å². The topological polar surface area (TPSA) is 60.9 Å². The minimum Gasteiger partial charge on any atom is -0.456 e. The molecule has 3 aromatic heterocycles. The van der Waals surface area contributed by atoms with Gasteiger partial charge in [-0.05, 0) is 59.0 Å². The van der Waals surface area contributed by atoms with Gasteiger partial charge in [-0.3, -0.25) is 8.78 Å². The van der Waals surface area contributed by atoms with Gasteiger partial charge >= 0.3 is 0 Å². The summed E-state index contributed by atoms with van der Waals surface area (Å²) in [6, 6.07) is 49.8. The lowest BCUT2D eigenvalue weighted by molar-refractivity contribution is 0.669. The van der Waals surface area contributed by atoms with Crippen molar-refractivity contribution in [2.45, 2.75) is 4.90 Å². The van der Waals surface area contributed by atoms with Gasteiger partial charge in [-0.15, -0.1) is 0 Å². The van der Waals surface area contributed by atoms with Crippen LogP contribution in [0.3, 0.4) is 0 Å². The molecule has 0 aliphatic carbocycles. The highest BCUT2D eigenvalue weighted by atomic mass is 32.2. The van der Waals surface area contributed by atoms with Crippen molar-refractivity contribution >= 4 is 76.2 Å². The van der Waals surface area contributed by atoms with Crippen molar-refractivity contribution in [1.29, 1.82) is 0 Å². The molecular weight excluding hydrogens is 623 g/mol. The number of furan rings is 1. The second-order valence-electron chi connectivity index (χ2n) is 12.4. The Kier molecular flexibility index (Phi) is 6.11. The third-order valence-electron chi connectivity index (χ3n) is 9.60. The SMILES string of the molecule is CS(=O)c1ccccc1-c1ccc2c(c1)c1c3c(ccc4oc5ccccc5c43)ccc1n2-c1nc(-c2ccccc2)c2ccccc2n1. The summed E-state index contributed by atoms with van der Waals surface area (Å²) in [5.41, 5.74) is 8.44. The van der Waals surface area contributed by atoms with Crippen LogP contribution in [0.4, 0.5) is 0 Å². The van der Waals surface area contributed by atoms with Crippen molar-refractivity contribution in [2.24, 2.45) is 0 Å². The summed E-state index contributed by atoms with van der Waals surface area (Å²) in [7, 11) is -1.15. The van der Waals surface area contributed by atoms with E-state index in [4.69, 9.17) is 14.4 Å². The number of rotatable bonds is 4. The smallest absolute Gasteiger partial charge is 0.235 e. The van der Waals surface area contributed by atoms with Gasteiger partial charge in [0.1, 0.15) is 11.2 Å². The Hall–Kier alpha value is -6.11. The first-order valence-electron chi connectivity index (χ1n) is 16.2. The van der Waals surface area contributed by atoms with Crippen LogP contribution in [0.2, 0.25) is 0 Å². The summed E-state index contributed by atoms with van der Waals surface area (Å²) in [5, 5.41) is 7.56. The number of nitrogens with zero attached hydrogens (tertiary/aromatic N) is 3. The van der Waals surface area contributed by atoms with Crippen LogP contribution in [-0.4, -0.2) is 25.0 Å². The van der Waals surface area contributed by atoms with Gasteiger partial charge in [-0.2, -0.15) is 0 Å². The molecule has 6 heteroatoms. The number of para-hydroxylation sites is 2. The molecule has 0 amide bonds. The van der Waals surface area contributed by atoms with E-state index in [1.54, 1.807) is 6.26 Å². The molecule has 10 rings (SSSR count). The quantitative estimate of drug-likeness (QED) is 0.190. The summed E-state index contributed by atoms with van der Waals surface area (Å²) in [6.07, 6.45) is 1.73. The third-order valence-corrected chi connectivity index (χ3v) is 10.6. The summed E-state index contributed by atoms with van der Waals surface area (Å²) in [6.45, 7) is 0. The monoisotopic (exact) mass is 649 g/mol. The number of fused-ring (bicyclic) bond motifs is 10. The van der Waals surface area contributed by atoms with Crippen LogP contribution in [-0.2, 0) is 10.8 Å². The first kappa shape index (κ1) is 28.0. The van der Waals surface area contributed by atoms with Crippen LogP contribution in [0.25, 0.3) is 93.8 Å². The van der Waals surface area contributed by atoms with Gasteiger partial charge in [0.15, 0.2) is 0 Å². The summed E-state index contributed by atoms with van der Waals surface area (Å²) in [4.78, 5) is 11.3. The Bertz CT molecular complexity index is 2980. The van der Waals surface area contributed by atoms with Crippen molar-refractivity contribution in [3.8, 4) is 28.3 Å². The highest BCUT2D eigenvalue weighted by Gasteiger charge is 2.22.